The largest absolute Gasteiger partial charge is 0.493 e. The maximum Gasteiger partial charge on any atom is 0.243 e. The van der Waals surface area contributed by atoms with E-state index in [0.717, 1.165) is 12.0 Å². The highest BCUT2D eigenvalue weighted by Crippen LogP contribution is 2.28. The predicted octanol–water partition coefficient (Wildman–Crippen LogP) is 3.39. The molecule has 33 heavy (non-hydrogen) atoms. The van der Waals surface area contributed by atoms with Crippen LogP contribution in [0.2, 0.25) is 0 Å². The van der Waals surface area contributed by atoms with Crippen molar-refractivity contribution in [3.05, 3.63) is 53.6 Å². The number of benzene rings is 2. The molecule has 0 bridgehead atoms. The van der Waals surface area contributed by atoms with Crippen molar-refractivity contribution in [2.45, 2.75) is 31.6 Å². The van der Waals surface area contributed by atoms with Crippen LogP contribution in [0.4, 0.5) is 0 Å². The Morgan fingerprint density at radius 3 is 2.39 bits per heavy atom. The average Bonchev–Trinajstić information content (AvgIpc) is 2.81. The summed E-state index contributed by atoms with van der Waals surface area (Å²) in [5.74, 6) is 1.85. The molecule has 7 nitrogen and oxygen atoms in total. The van der Waals surface area contributed by atoms with Crippen LogP contribution in [0.15, 0.2) is 47.4 Å². The van der Waals surface area contributed by atoms with Crippen LogP contribution in [-0.2, 0) is 16.4 Å². The minimum absolute atomic E-state index is 0.134. The Balaban J connectivity index is 1.58. The van der Waals surface area contributed by atoms with Gasteiger partial charge < -0.3 is 14.8 Å². The summed E-state index contributed by atoms with van der Waals surface area (Å²) in [6.45, 7) is 5.92. The van der Waals surface area contributed by atoms with Crippen molar-refractivity contribution < 1.29 is 22.7 Å². The van der Waals surface area contributed by atoms with E-state index in [1.54, 1.807) is 36.7 Å². The topological polar surface area (TPSA) is 84.9 Å². The van der Waals surface area contributed by atoms with E-state index in [1.165, 1.54) is 6.07 Å². The Kier molecular flexibility index (Phi) is 8.51. The van der Waals surface area contributed by atoms with E-state index in [2.05, 4.69) is 19.2 Å². The number of nitrogens with zero attached hydrogens (tertiary/aromatic N) is 1. The van der Waals surface area contributed by atoms with Crippen molar-refractivity contribution in [3.8, 4) is 11.5 Å². The standard InChI is InChI=1S/C25H34N2O5S/c1-18-12-19(2)17-27(16-18)33(29,30)22-7-5-6-21(14-22)23(28)15-26-11-10-20-8-9-24(31-3)25(13-20)32-4/h5-9,13-14,18-19,26H,10-12,15-17H2,1-4H3. The number of ether oxygens (including phenoxy) is 2. The molecule has 1 N–H and O–H groups in total. The Labute approximate surface area is 197 Å². The SMILES string of the molecule is COc1ccc(CCNCC(=O)c2cccc(S(=O)(=O)N3CC(C)CC(C)C3)c2)cc1OC. The van der Waals surface area contributed by atoms with E-state index in [-0.39, 0.29) is 17.2 Å². The second kappa shape index (κ2) is 11.1. The van der Waals surface area contributed by atoms with Gasteiger partial charge in [-0.05, 0) is 61.1 Å². The van der Waals surface area contributed by atoms with E-state index in [0.29, 0.717) is 55.0 Å². The van der Waals surface area contributed by atoms with Crippen molar-refractivity contribution in [2.75, 3.05) is 40.4 Å². The molecule has 0 saturated carbocycles. The number of hydrogen-bond donors (Lipinski definition) is 1. The smallest absolute Gasteiger partial charge is 0.243 e. The van der Waals surface area contributed by atoms with Crippen LogP contribution in [0.5, 0.6) is 11.5 Å². The monoisotopic (exact) mass is 474 g/mol. The molecule has 1 saturated heterocycles. The minimum atomic E-state index is -3.62. The van der Waals surface area contributed by atoms with Gasteiger partial charge >= 0.3 is 0 Å². The van der Waals surface area contributed by atoms with Gasteiger partial charge in [0.2, 0.25) is 10.0 Å². The van der Waals surface area contributed by atoms with Gasteiger partial charge in [-0.25, -0.2) is 8.42 Å². The third-order valence-corrected chi connectivity index (χ3v) is 7.78. The van der Waals surface area contributed by atoms with Crippen molar-refractivity contribution in [2.24, 2.45) is 11.8 Å². The zero-order valence-electron chi connectivity index (χ0n) is 19.8. The third-order valence-electron chi connectivity index (χ3n) is 5.95. The second-order valence-electron chi connectivity index (χ2n) is 8.84. The number of nitrogens with one attached hydrogen (secondary N) is 1. The molecule has 1 aliphatic rings. The number of piperidine rings is 1. The molecule has 2 aromatic rings. The van der Waals surface area contributed by atoms with Crippen LogP contribution in [0.3, 0.4) is 0 Å². The van der Waals surface area contributed by atoms with E-state index < -0.39 is 10.0 Å². The van der Waals surface area contributed by atoms with Gasteiger partial charge in [-0.2, -0.15) is 4.31 Å². The molecule has 0 amide bonds. The molecule has 1 fully saturated rings. The number of sulfonamides is 1. The van der Waals surface area contributed by atoms with Crippen LogP contribution in [0.1, 0.15) is 36.2 Å². The average molecular weight is 475 g/mol. The van der Waals surface area contributed by atoms with Crippen molar-refractivity contribution in [1.29, 1.82) is 0 Å². The van der Waals surface area contributed by atoms with Gasteiger partial charge in [-0.3, -0.25) is 4.79 Å². The van der Waals surface area contributed by atoms with Gasteiger partial charge in [0.05, 0.1) is 25.7 Å². The van der Waals surface area contributed by atoms with E-state index >= 15 is 0 Å². The number of hydrogen-bond acceptors (Lipinski definition) is 6. The number of carbonyl (C=O) groups is 1. The summed E-state index contributed by atoms with van der Waals surface area (Å²) in [5.41, 5.74) is 1.46. The van der Waals surface area contributed by atoms with E-state index in [1.807, 2.05) is 18.2 Å². The van der Waals surface area contributed by atoms with Crippen LogP contribution in [0.25, 0.3) is 0 Å². The minimum Gasteiger partial charge on any atom is -0.493 e. The fourth-order valence-electron chi connectivity index (χ4n) is 4.35. The van der Waals surface area contributed by atoms with E-state index in [4.69, 9.17) is 9.47 Å². The fourth-order valence-corrected chi connectivity index (χ4v) is 6.08. The van der Waals surface area contributed by atoms with Crippen molar-refractivity contribution in [3.63, 3.8) is 0 Å². The Morgan fingerprint density at radius 2 is 1.73 bits per heavy atom. The highest BCUT2D eigenvalue weighted by Gasteiger charge is 2.31. The lowest BCUT2D eigenvalue weighted by Crippen LogP contribution is -2.42. The summed E-state index contributed by atoms with van der Waals surface area (Å²) >= 11 is 0. The maximum absolute atomic E-state index is 13.1. The molecule has 0 aromatic heterocycles. The highest BCUT2D eigenvalue weighted by molar-refractivity contribution is 7.89. The number of carbonyl (C=O) groups excluding carboxylic acids is 1. The Bertz CT molecular complexity index is 1060. The molecule has 8 heteroatoms. The molecule has 0 aliphatic carbocycles. The lowest BCUT2D eigenvalue weighted by Gasteiger charge is -2.34. The summed E-state index contributed by atoms with van der Waals surface area (Å²) in [7, 11) is -0.427. The molecule has 0 spiro atoms. The quantitative estimate of drug-likeness (QED) is 0.420. The van der Waals surface area contributed by atoms with Crippen LogP contribution >= 0.6 is 0 Å². The lowest BCUT2D eigenvalue weighted by molar-refractivity contribution is 0.0991. The van der Waals surface area contributed by atoms with Crippen molar-refractivity contribution in [1.82, 2.24) is 9.62 Å². The van der Waals surface area contributed by atoms with Crippen LogP contribution < -0.4 is 14.8 Å². The van der Waals surface area contributed by atoms with Gasteiger partial charge in [0.1, 0.15) is 0 Å². The number of Topliss-reactive ketones (excluding diaryl/α,β-unsaturated/α-hetero) is 1. The summed E-state index contributed by atoms with van der Waals surface area (Å²) in [4.78, 5) is 12.9. The Hall–Kier alpha value is -2.42. The predicted molar refractivity (Wildman–Crippen MR) is 129 cm³/mol. The highest BCUT2D eigenvalue weighted by atomic mass is 32.2. The third kappa shape index (κ3) is 6.34. The molecule has 1 heterocycles. The zero-order chi connectivity index (χ0) is 24.0. The van der Waals surface area contributed by atoms with Crippen molar-refractivity contribution >= 4 is 15.8 Å². The first-order valence-corrected chi connectivity index (χ1v) is 12.7. The van der Waals surface area contributed by atoms with Gasteiger partial charge in [0, 0.05) is 18.7 Å². The summed E-state index contributed by atoms with van der Waals surface area (Å²) in [5, 5.41) is 3.15. The van der Waals surface area contributed by atoms with Gasteiger partial charge in [-0.1, -0.05) is 32.0 Å². The normalized spacial score (nSPS) is 19.3. The first kappa shape index (κ1) is 25.2. The molecule has 2 aromatic carbocycles. The number of methoxy groups -OCH3 is 2. The van der Waals surface area contributed by atoms with Gasteiger partial charge in [0.15, 0.2) is 17.3 Å². The molecular weight excluding hydrogens is 440 g/mol. The fraction of sp³-hybridized carbons (Fsp3) is 0.480. The Morgan fingerprint density at radius 1 is 1.03 bits per heavy atom. The first-order valence-electron chi connectivity index (χ1n) is 11.3. The summed E-state index contributed by atoms with van der Waals surface area (Å²) in [6.07, 6.45) is 1.74. The molecular formula is C25H34N2O5S. The lowest BCUT2D eigenvalue weighted by atomic mass is 9.94. The van der Waals surface area contributed by atoms with Crippen LogP contribution in [0, 0.1) is 11.8 Å². The zero-order valence-corrected chi connectivity index (χ0v) is 20.7. The number of ketones is 1. The maximum atomic E-state index is 13.1. The van der Waals surface area contributed by atoms with E-state index in [9.17, 15) is 13.2 Å². The number of rotatable bonds is 10. The summed E-state index contributed by atoms with van der Waals surface area (Å²) < 4.78 is 38.4. The first-order chi connectivity index (χ1) is 15.7. The van der Waals surface area contributed by atoms with Gasteiger partial charge in [0.25, 0.3) is 0 Å². The molecule has 2 atom stereocenters. The molecule has 0 radical (unpaired) electrons. The van der Waals surface area contributed by atoms with Gasteiger partial charge in [-0.15, -0.1) is 0 Å². The van der Waals surface area contributed by atoms with Crippen LogP contribution in [-0.4, -0.2) is 58.9 Å². The molecule has 1 aliphatic heterocycles. The molecule has 2 unspecified atom stereocenters. The summed E-state index contributed by atoms with van der Waals surface area (Å²) in [6, 6.07) is 12.1. The molecule has 180 valence electrons. The molecule has 3 rings (SSSR count). The second-order valence-corrected chi connectivity index (χ2v) is 10.8.